The van der Waals surface area contributed by atoms with Crippen molar-refractivity contribution in [3.8, 4) is 11.5 Å². The van der Waals surface area contributed by atoms with Crippen LogP contribution in [0.1, 0.15) is 10.4 Å². The lowest BCUT2D eigenvalue weighted by Crippen LogP contribution is -2.46. The summed E-state index contributed by atoms with van der Waals surface area (Å²) in [7, 11) is -2.48. The van der Waals surface area contributed by atoms with Crippen molar-refractivity contribution in [2.75, 3.05) is 26.7 Å². The molecular formula is C19H18N2O6S. The molecule has 9 heteroatoms. The van der Waals surface area contributed by atoms with Gasteiger partial charge in [-0.2, -0.15) is 0 Å². The Hall–Kier alpha value is -3.07. The molecule has 0 saturated carbocycles. The van der Waals surface area contributed by atoms with Crippen LogP contribution in [0.15, 0.2) is 53.4 Å². The minimum Gasteiger partial charge on any atom is -0.486 e. The number of para-hydroxylation sites is 2. The zero-order valence-electron chi connectivity index (χ0n) is 15.1. The number of ether oxygens (including phenoxy) is 2. The molecular weight excluding hydrogens is 384 g/mol. The highest BCUT2D eigenvalue weighted by atomic mass is 32.2. The maximum absolute atomic E-state index is 12.6. The number of hydrogen-bond acceptors (Lipinski definition) is 6. The molecule has 8 nitrogen and oxygen atoms in total. The summed E-state index contributed by atoms with van der Waals surface area (Å²) in [6, 6.07) is 13.2. The Morgan fingerprint density at radius 2 is 1.82 bits per heavy atom. The number of hydrogen-bond donors (Lipinski definition) is 0. The van der Waals surface area contributed by atoms with Gasteiger partial charge < -0.3 is 14.4 Å². The molecule has 2 aromatic rings. The Labute approximate surface area is 162 Å². The number of benzene rings is 2. The van der Waals surface area contributed by atoms with Crippen LogP contribution < -0.4 is 9.47 Å². The minimum atomic E-state index is -4.02. The zero-order chi connectivity index (χ0) is 19.9. The second kappa shape index (κ2) is 6.83. The van der Waals surface area contributed by atoms with E-state index >= 15 is 0 Å². The van der Waals surface area contributed by atoms with E-state index in [-0.39, 0.29) is 23.6 Å². The Morgan fingerprint density at radius 3 is 2.57 bits per heavy atom. The van der Waals surface area contributed by atoms with Gasteiger partial charge in [0.15, 0.2) is 17.6 Å². The topological polar surface area (TPSA) is 93.2 Å². The molecule has 2 aromatic carbocycles. The van der Waals surface area contributed by atoms with Crippen LogP contribution in [0.25, 0.3) is 0 Å². The Balaban J connectivity index is 1.43. The smallest absolute Gasteiger partial charge is 0.269 e. The number of nitrogens with zero attached hydrogens (tertiary/aromatic N) is 2. The van der Waals surface area contributed by atoms with Crippen LogP contribution in [0.4, 0.5) is 0 Å². The van der Waals surface area contributed by atoms with Crippen molar-refractivity contribution in [1.29, 1.82) is 0 Å². The van der Waals surface area contributed by atoms with Crippen molar-refractivity contribution in [2.24, 2.45) is 0 Å². The molecule has 0 saturated heterocycles. The lowest BCUT2D eigenvalue weighted by molar-refractivity contribution is -0.131. The van der Waals surface area contributed by atoms with Gasteiger partial charge >= 0.3 is 0 Å². The third-order valence-corrected chi connectivity index (χ3v) is 6.45. The molecule has 0 aromatic heterocycles. The Morgan fingerprint density at radius 1 is 1.14 bits per heavy atom. The lowest BCUT2D eigenvalue weighted by Gasteiger charge is -2.30. The summed E-state index contributed by atoms with van der Waals surface area (Å²) in [5.74, 6) is 0.0299. The van der Waals surface area contributed by atoms with Gasteiger partial charge in [0.25, 0.3) is 15.9 Å². The highest BCUT2D eigenvalue weighted by Crippen LogP contribution is 2.31. The average molecular weight is 402 g/mol. The van der Waals surface area contributed by atoms with Crippen molar-refractivity contribution in [1.82, 2.24) is 9.21 Å². The van der Waals surface area contributed by atoms with Crippen LogP contribution in [0.2, 0.25) is 0 Å². The number of rotatable bonds is 4. The third-order valence-electron chi connectivity index (χ3n) is 4.66. The van der Waals surface area contributed by atoms with Crippen molar-refractivity contribution >= 4 is 21.8 Å². The van der Waals surface area contributed by atoms with Crippen LogP contribution in [0.5, 0.6) is 11.5 Å². The molecule has 1 atom stereocenters. The van der Waals surface area contributed by atoms with Gasteiger partial charge in [-0.3, -0.25) is 9.59 Å². The predicted molar refractivity (Wildman–Crippen MR) is 98.7 cm³/mol. The number of carbonyl (C=O) groups is 2. The molecule has 28 heavy (non-hydrogen) atoms. The fourth-order valence-electron chi connectivity index (χ4n) is 3.19. The zero-order valence-corrected chi connectivity index (χ0v) is 15.9. The van der Waals surface area contributed by atoms with Gasteiger partial charge in [0.1, 0.15) is 18.0 Å². The van der Waals surface area contributed by atoms with E-state index in [4.69, 9.17) is 9.47 Å². The molecule has 146 valence electrons. The number of carbonyl (C=O) groups excluding carboxylic acids is 2. The number of amides is 2. The standard InChI is InChI=1S/C19H18N2O6S/c1-20(10-13-12-26-15-7-3-4-8-16(15)27-13)18(22)11-21-19(23)14-6-2-5-9-17(14)28(21,24)25/h2-9,13H,10-12H2,1H3/t13-/m1/s1. The van der Waals surface area contributed by atoms with Crippen molar-refractivity contribution < 1.29 is 27.5 Å². The quantitative estimate of drug-likeness (QED) is 0.761. The maximum Gasteiger partial charge on any atom is 0.269 e. The molecule has 0 spiro atoms. The van der Waals surface area contributed by atoms with Gasteiger partial charge in [-0.25, -0.2) is 12.7 Å². The molecule has 0 aliphatic carbocycles. The van der Waals surface area contributed by atoms with Gasteiger partial charge in [0, 0.05) is 7.05 Å². The second-order valence-corrected chi connectivity index (χ2v) is 8.42. The van der Waals surface area contributed by atoms with Gasteiger partial charge in [0.05, 0.1) is 12.1 Å². The summed E-state index contributed by atoms with van der Waals surface area (Å²) >= 11 is 0. The third kappa shape index (κ3) is 3.07. The fourth-order valence-corrected chi connectivity index (χ4v) is 4.71. The van der Waals surface area contributed by atoms with E-state index in [1.54, 1.807) is 24.3 Å². The van der Waals surface area contributed by atoms with E-state index in [9.17, 15) is 18.0 Å². The van der Waals surface area contributed by atoms with Crippen molar-refractivity contribution in [3.63, 3.8) is 0 Å². The van der Waals surface area contributed by atoms with Gasteiger partial charge in [-0.15, -0.1) is 0 Å². The Bertz CT molecular complexity index is 1050. The van der Waals surface area contributed by atoms with E-state index in [1.807, 2.05) is 12.1 Å². The highest BCUT2D eigenvalue weighted by molar-refractivity contribution is 7.90. The summed E-state index contributed by atoms with van der Waals surface area (Å²) in [5.41, 5.74) is 0.0820. The van der Waals surface area contributed by atoms with Gasteiger partial charge in [0.2, 0.25) is 5.91 Å². The molecule has 2 heterocycles. The van der Waals surface area contributed by atoms with Gasteiger partial charge in [-0.1, -0.05) is 24.3 Å². The molecule has 0 radical (unpaired) electrons. The van der Waals surface area contributed by atoms with E-state index in [1.165, 1.54) is 24.1 Å². The maximum atomic E-state index is 12.6. The number of sulfonamides is 1. The first kappa shape index (κ1) is 18.3. The summed E-state index contributed by atoms with van der Waals surface area (Å²) in [6.07, 6.45) is -0.396. The van der Waals surface area contributed by atoms with E-state index < -0.39 is 34.5 Å². The molecule has 0 N–H and O–H groups in total. The average Bonchev–Trinajstić information content (AvgIpc) is 2.89. The highest BCUT2D eigenvalue weighted by Gasteiger charge is 2.42. The molecule has 0 bridgehead atoms. The van der Waals surface area contributed by atoms with E-state index in [0.717, 1.165) is 0 Å². The molecule has 2 amide bonds. The summed E-state index contributed by atoms with van der Waals surface area (Å²) in [5, 5.41) is 0. The fraction of sp³-hybridized carbons (Fsp3) is 0.263. The monoisotopic (exact) mass is 402 g/mol. The van der Waals surface area contributed by atoms with E-state index in [2.05, 4.69) is 0 Å². The van der Waals surface area contributed by atoms with Crippen LogP contribution >= 0.6 is 0 Å². The first-order chi connectivity index (χ1) is 13.4. The summed E-state index contributed by atoms with van der Waals surface area (Å²) in [4.78, 5) is 26.3. The van der Waals surface area contributed by atoms with Crippen molar-refractivity contribution in [2.45, 2.75) is 11.0 Å². The first-order valence-corrected chi connectivity index (χ1v) is 10.1. The summed E-state index contributed by atoms with van der Waals surface area (Å²) < 4.78 is 37.2. The summed E-state index contributed by atoms with van der Waals surface area (Å²) in [6.45, 7) is -0.0975. The lowest BCUT2D eigenvalue weighted by atomic mass is 10.2. The normalized spacial score (nSPS) is 19.2. The van der Waals surface area contributed by atoms with Crippen LogP contribution in [-0.2, 0) is 14.8 Å². The molecule has 4 rings (SSSR count). The second-order valence-electron chi connectivity index (χ2n) is 6.58. The largest absolute Gasteiger partial charge is 0.486 e. The van der Waals surface area contributed by atoms with E-state index in [0.29, 0.717) is 15.8 Å². The molecule has 0 fully saturated rings. The minimum absolute atomic E-state index is 0.0731. The van der Waals surface area contributed by atoms with Gasteiger partial charge in [-0.05, 0) is 24.3 Å². The molecule has 2 aliphatic rings. The van der Waals surface area contributed by atoms with Crippen LogP contribution in [0, 0.1) is 0 Å². The molecule has 2 aliphatic heterocycles. The van der Waals surface area contributed by atoms with Crippen LogP contribution in [0.3, 0.4) is 0 Å². The number of likely N-dealkylation sites (N-methyl/N-ethyl adjacent to an activating group) is 1. The Kier molecular flexibility index (Phi) is 4.46. The van der Waals surface area contributed by atoms with Crippen LogP contribution in [-0.4, -0.2) is 62.3 Å². The SMILES string of the molecule is CN(C[C@@H]1COc2ccccc2O1)C(=O)CN1C(=O)c2ccccc2S1(=O)=O. The molecule has 0 unspecified atom stereocenters. The van der Waals surface area contributed by atoms with Crippen molar-refractivity contribution in [3.05, 3.63) is 54.1 Å². The predicted octanol–water partition coefficient (Wildman–Crippen LogP) is 1.13. The number of fused-ring (bicyclic) bond motifs is 2. The first-order valence-electron chi connectivity index (χ1n) is 8.66.